The van der Waals surface area contributed by atoms with Gasteiger partial charge >= 0.3 is 0 Å². The maximum absolute atomic E-state index is 13.8. The molecule has 3 aromatic carbocycles. The molecule has 0 spiro atoms. The summed E-state index contributed by atoms with van der Waals surface area (Å²) in [7, 11) is -4.07. The summed E-state index contributed by atoms with van der Waals surface area (Å²) in [6, 6.07) is 22.0. The van der Waals surface area contributed by atoms with E-state index in [-0.39, 0.29) is 23.4 Å². The van der Waals surface area contributed by atoms with E-state index in [2.05, 4.69) is 5.32 Å². The smallest absolute Gasteiger partial charge is 0.264 e. The highest BCUT2D eigenvalue weighted by Crippen LogP contribution is 2.27. The highest BCUT2D eigenvalue weighted by molar-refractivity contribution is 7.92. The molecule has 2 amide bonds. The zero-order chi connectivity index (χ0) is 27.2. The molecule has 1 N–H and O–H groups in total. The predicted octanol–water partition coefficient (Wildman–Crippen LogP) is 4.44. The highest BCUT2D eigenvalue weighted by Gasteiger charge is 2.33. The minimum Gasteiger partial charge on any atom is -0.352 e. The standard InChI is InChI=1S/C29H35N3O4S/c1-21(2)30-29(34)24(5)31(19-25-12-7-6-8-13-25)28(33)20-32(27-14-10-9-11-23(27)4)37(35,36)26-17-15-22(3)16-18-26/h6-18,21,24H,19-20H2,1-5H3,(H,30,34)/t24-/m0/s1. The molecule has 0 aromatic heterocycles. The van der Waals surface area contributed by atoms with Crippen molar-refractivity contribution in [1.29, 1.82) is 0 Å². The Morgan fingerprint density at radius 1 is 0.838 bits per heavy atom. The number of anilines is 1. The molecule has 0 unspecified atom stereocenters. The minimum absolute atomic E-state index is 0.0920. The number of nitrogens with zero attached hydrogens (tertiary/aromatic N) is 2. The quantitative estimate of drug-likeness (QED) is 0.427. The molecular formula is C29H35N3O4S. The summed E-state index contributed by atoms with van der Waals surface area (Å²) in [5.74, 6) is -0.780. The van der Waals surface area contributed by atoms with Crippen molar-refractivity contribution in [3.05, 3.63) is 95.6 Å². The van der Waals surface area contributed by atoms with E-state index in [1.807, 2.05) is 57.2 Å². The lowest BCUT2D eigenvalue weighted by atomic mass is 10.1. The second-order valence-corrected chi connectivity index (χ2v) is 11.3. The normalized spacial score (nSPS) is 12.2. The number of sulfonamides is 1. The molecule has 0 aliphatic rings. The number of hydrogen-bond acceptors (Lipinski definition) is 4. The van der Waals surface area contributed by atoms with Gasteiger partial charge in [-0.15, -0.1) is 0 Å². The number of carbonyl (C=O) groups excluding carboxylic acids is 2. The summed E-state index contributed by atoms with van der Waals surface area (Å²) in [5, 5.41) is 2.85. The van der Waals surface area contributed by atoms with Gasteiger partial charge in [-0.25, -0.2) is 8.42 Å². The predicted molar refractivity (Wildman–Crippen MR) is 147 cm³/mol. The number of para-hydroxylation sites is 1. The molecule has 196 valence electrons. The summed E-state index contributed by atoms with van der Waals surface area (Å²) in [4.78, 5) is 28.3. The fourth-order valence-electron chi connectivity index (χ4n) is 3.96. The molecule has 0 aliphatic heterocycles. The van der Waals surface area contributed by atoms with Crippen molar-refractivity contribution in [1.82, 2.24) is 10.2 Å². The largest absolute Gasteiger partial charge is 0.352 e. The van der Waals surface area contributed by atoms with Crippen LogP contribution in [-0.4, -0.2) is 43.8 Å². The van der Waals surface area contributed by atoms with E-state index in [0.29, 0.717) is 11.3 Å². The van der Waals surface area contributed by atoms with Crippen molar-refractivity contribution < 1.29 is 18.0 Å². The van der Waals surface area contributed by atoms with E-state index in [4.69, 9.17) is 0 Å². The van der Waals surface area contributed by atoms with Gasteiger partial charge < -0.3 is 10.2 Å². The van der Waals surface area contributed by atoms with Gasteiger partial charge in [0.15, 0.2) is 0 Å². The molecule has 0 bridgehead atoms. The molecule has 37 heavy (non-hydrogen) atoms. The molecule has 0 radical (unpaired) electrons. The Morgan fingerprint density at radius 2 is 1.43 bits per heavy atom. The van der Waals surface area contributed by atoms with Crippen LogP contribution in [0, 0.1) is 13.8 Å². The maximum Gasteiger partial charge on any atom is 0.264 e. The third-order valence-corrected chi connectivity index (χ3v) is 7.84. The molecule has 0 aliphatic carbocycles. The van der Waals surface area contributed by atoms with Gasteiger partial charge in [0.2, 0.25) is 11.8 Å². The number of nitrogens with one attached hydrogen (secondary N) is 1. The first kappa shape index (κ1) is 27.9. The average Bonchev–Trinajstić information content (AvgIpc) is 2.86. The molecule has 0 saturated heterocycles. The van der Waals surface area contributed by atoms with E-state index in [1.165, 1.54) is 4.90 Å². The van der Waals surface area contributed by atoms with Crippen molar-refractivity contribution in [2.24, 2.45) is 0 Å². The Kier molecular flexibility index (Phi) is 9.10. The lowest BCUT2D eigenvalue weighted by Gasteiger charge is -2.32. The van der Waals surface area contributed by atoms with Gasteiger partial charge in [-0.3, -0.25) is 13.9 Å². The minimum atomic E-state index is -4.07. The van der Waals surface area contributed by atoms with Gasteiger partial charge in [0.1, 0.15) is 12.6 Å². The Hall–Kier alpha value is -3.65. The van der Waals surface area contributed by atoms with Crippen molar-refractivity contribution in [3.63, 3.8) is 0 Å². The monoisotopic (exact) mass is 521 g/mol. The van der Waals surface area contributed by atoms with Gasteiger partial charge in [-0.05, 0) is 63.9 Å². The number of aryl methyl sites for hydroxylation is 2. The van der Waals surface area contributed by atoms with E-state index < -0.39 is 28.5 Å². The lowest BCUT2D eigenvalue weighted by Crippen LogP contribution is -2.52. The zero-order valence-corrected chi connectivity index (χ0v) is 22.8. The maximum atomic E-state index is 13.8. The van der Waals surface area contributed by atoms with E-state index in [9.17, 15) is 18.0 Å². The van der Waals surface area contributed by atoms with Crippen LogP contribution in [0.4, 0.5) is 5.69 Å². The van der Waals surface area contributed by atoms with Gasteiger partial charge in [0.05, 0.1) is 10.6 Å². The van der Waals surface area contributed by atoms with Crippen molar-refractivity contribution in [2.75, 3.05) is 10.8 Å². The van der Waals surface area contributed by atoms with Crippen LogP contribution < -0.4 is 9.62 Å². The second kappa shape index (κ2) is 12.1. The third-order valence-electron chi connectivity index (χ3n) is 6.07. The van der Waals surface area contributed by atoms with Crippen molar-refractivity contribution >= 4 is 27.5 Å². The Morgan fingerprint density at radius 3 is 2.03 bits per heavy atom. The molecule has 0 saturated carbocycles. The van der Waals surface area contributed by atoms with Gasteiger partial charge in [-0.1, -0.05) is 66.2 Å². The molecule has 7 nitrogen and oxygen atoms in total. The summed E-state index contributed by atoms with van der Waals surface area (Å²) >= 11 is 0. The highest BCUT2D eigenvalue weighted by atomic mass is 32.2. The van der Waals surface area contributed by atoms with E-state index in [0.717, 1.165) is 15.4 Å². The zero-order valence-electron chi connectivity index (χ0n) is 22.0. The van der Waals surface area contributed by atoms with Crippen LogP contribution in [0.3, 0.4) is 0 Å². The Balaban J connectivity index is 2.03. The summed E-state index contributed by atoms with van der Waals surface area (Å²) in [5.41, 5.74) is 2.89. The molecule has 0 fully saturated rings. The summed E-state index contributed by atoms with van der Waals surface area (Å²) in [6.07, 6.45) is 0. The first-order valence-corrected chi connectivity index (χ1v) is 13.7. The average molecular weight is 522 g/mol. The summed E-state index contributed by atoms with van der Waals surface area (Å²) < 4.78 is 28.8. The first-order valence-electron chi connectivity index (χ1n) is 12.3. The van der Waals surface area contributed by atoms with E-state index >= 15 is 0 Å². The van der Waals surface area contributed by atoms with Crippen LogP contribution in [-0.2, 0) is 26.2 Å². The van der Waals surface area contributed by atoms with Crippen LogP contribution >= 0.6 is 0 Å². The third kappa shape index (κ3) is 6.98. The number of carbonyl (C=O) groups is 2. The molecule has 8 heteroatoms. The Bertz CT molecular complexity index is 1320. The lowest BCUT2D eigenvalue weighted by molar-refractivity contribution is -0.139. The summed E-state index contributed by atoms with van der Waals surface area (Å²) in [6.45, 7) is 8.75. The second-order valence-electron chi connectivity index (χ2n) is 9.46. The number of rotatable bonds is 10. The van der Waals surface area contributed by atoms with Gasteiger partial charge in [-0.2, -0.15) is 0 Å². The number of benzene rings is 3. The number of amides is 2. The molecular weight excluding hydrogens is 486 g/mol. The van der Waals surface area contributed by atoms with E-state index in [1.54, 1.807) is 56.3 Å². The van der Waals surface area contributed by atoms with Gasteiger partial charge in [0, 0.05) is 12.6 Å². The van der Waals surface area contributed by atoms with Gasteiger partial charge in [0.25, 0.3) is 10.0 Å². The van der Waals surface area contributed by atoms with Crippen LogP contribution in [0.1, 0.15) is 37.5 Å². The number of hydrogen-bond donors (Lipinski definition) is 1. The van der Waals surface area contributed by atoms with Crippen molar-refractivity contribution in [3.8, 4) is 0 Å². The molecule has 3 rings (SSSR count). The molecule has 1 atom stereocenters. The first-order chi connectivity index (χ1) is 17.5. The molecule has 0 heterocycles. The van der Waals surface area contributed by atoms with Crippen LogP contribution in [0.5, 0.6) is 0 Å². The van der Waals surface area contributed by atoms with Crippen LogP contribution in [0.2, 0.25) is 0 Å². The topological polar surface area (TPSA) is 86.8 Å². The fraction of sp³-hybridized carbons (Fsp3) is 0.310. The van der Waals surface area contributed by atoms with Crippen LogP contribution in [0.25, 0.3) is 0 Å². The molecule has 3 aromatic rings. The van der Waals surface area contributed by atoms with Crippen molar-refractivity contribution in [2.45, 2.75) is 58.1 Å². The Labute approximate surface area is 220 Å². The van der Waals surface area contributed by atoms with Crippen LogP contribution in [0.15, 0.2) is 83.8 Å². The fourth-order valence-corrected chi connectivity index (χ4v) is 5.44. The SMILES string of the molecule is Cc1ccc(S(=O)(=O)N(CC(=O)N(Cc2ccccc2)[C@@H](C)C(=O)NC(C)C)c2ccccc2C)cc1.